The Kier molecular flexibility index (Phi) is 11.9. The van der Waals surface area contributed by atoms with Crippen molar-refractivity contribution in [2.24, 2.45) is 17.8 Å². The molecule has 5 saturated heterocycles. The highest BCUT2D eigenvalue weighted by Gasteiger charge is 2.40. The van der Waals surface area contributed by atoms with Crippen molar-refractivity contribution in [1.82, 2.24) is 44.7 Å². The molecule has 3 N–H and O–H groups in total. The van der Waals surface area contributed by atoms with Crippen LogP contribution in [-0.2, 0) is 16.1 Å². The molecule has 8 heterocycles. The highest BCUT2D eigenvalue weighted by atomic mass is 16.5. The quantitative estimate of drug-likeness (QED) is 0.145. The van der Waals surface area contributed by atoms with Crippen molar-refractivity contribution in [3.8, 4) is 22.8 Å². The van der Waals surface area contributed by atoms with Gasteiger partial charge in [0.05, 0.1) is 11.4 Å². The van der Waals surface area contributed by atoms with Crippen molar-refractivity contribution < 1.29 is 19.1 Å². The highest BCUT2D eigenvalue weighted by molar-refractivity contribution is 6.05. The summed E-state index contributed by atoms with van der Waals surface area (Å²) in [6.07, 6.45) is 9.42. The van der Waals surface area contributed by atoms with Crippen molar-refractivity contribution in [2.45, 2.75) is 70.0 Å². The highest BCUT2D eigenvalue weighted by Crippen LogP contribution is 2.37. The maximum absolute atomic E-state index is 13.1. The second kappa shape index (κ2) is 18.4. The predicted octanol–water partition coefficient (Wildman–Crippen LogP) is 5.83. The number of rotatable bonds is 12. The number of piperidine rings is 4. The van der Waals surface area contributed by atoms with Gasteiger partial charge in [-0.2, -0.15) is 5.10 Å². The molecule has 1 unspecified atom stereocenters. The molecule has 0 radical (unpaired) electrons. The molecule has 5 fully saturated rings. The van der Waals surface area contributed by atoms with E-state index in [1.807, 2.05) is 60.7 Å². The van der Waals surface area contributed by atoms with Gasteiger partial charge in [0.2, 0.25) is 11.8 Å². The van der Waals surface area contributed by atoms with Gasteiger partial charge < -0.3 is 35.0 Å². The van der Waals surface area contributed by atoms with E-state index in [4.69, 9.17) is 20.6 Å². The van der Waals surface area contributed by atoms with Gasteiger partial charge in [0.1, 0.15) is 35.4 Å². The smallest absolute Gasteiger partial charge is 0.255 e. The van der Waals surface area contributed by atoms with Crippen LogP contribution in [0.4, 0.5) is 11.5 Å². The summed E-state index contributed by atoms with van der Waals surface area (Å²) in [7, 11) is 0. The molecule has 66 heavy (non-hydrogen) atoms. The van der Waals surface area contributed by atoms with E-state index in [1.165, 1.54) is 65.0 Å². The van der Waals surface area contributed by atoms with Gasteiger partial charge in [0.25, 0.3) is 5.91 Å². The summed E-state index contributed by atoms with van der Waals surface area (Å²) >= 11 is 0. The summed E-state index contributed by atoms with van der Waals surface area (Å²) in [5.41, 5.74) is 11.9. The molecule has 2 aromatic heterocycles. The average Bonchev–Trinajstić information content (AvgIpc) is 3.87. The third-order valence-corrected chi connectivity index (χ3v) is 15.3. The first-order valence-corrected chi connectivity index (χ1v) is 24.3. The monoisotopic (exact) mass is 891 g/mol. The van der Waals surface area contributed by atoms with Gasteiger partial charge >= 0.3 is 0 Å². The molecule has 6 aliphatic rings. The number of nitrogens with one attached hydrogen (secondary N) is 1. The van der Waals surface area contributed by atoms with Gasteiger partial charge in [-0.15, -0.1) is 0 Å². The summed E-state index contributed by atoms with van der Waals surface area (Å²) in [5, 5.41) is 8.36. The summed E-state index contributed by atoms with van der Waals surface area (Å²) in [6, 6.07) is 23.6. The maximum atomic E-state index is 13.1. The minimum Gasteiger partial charge on any atom is -0.457 e. The lowest BCUT2D eigenvalue weighted by atomic mass is 9.91. The third-order valence-electron chi connectivity index (χ3n) is 15.3. The first-order valence-electron chi connectivity index (χ1n) is 24.3. The number of anilines is 2. The molecule has 15 nitrogen and oxygen atoms in total. The standard InChI is InChI=1S/C51H61N11O4/c52-48-46-47(37-6-9-42(10-7-37)66-41-4-2-1-3-5-41)56-62(49(46)54-33-53-48)39-18-24-59(25-19-39)28-35-14-20-57(21-15-35)27-34-16-22-58(23-17-34)29-36-30-60(31-36)40-8-11-43-38(26-40)32-61(51(43)65)44-12-13-45(63)55-50(44)64/h1-11,26,33-36,39,44H,12-25,27-32H2,(H2,52,53,54)(H,55,63,64). The second-order valence-corrected chi connectivity index (χ2v) is 19.7. The van der Waals surface area contributed by atoms with E-state index in [0.29, 0.717) is 30.3 Å². The number of likely N-dealkylation sites (tertiary alicyclic amines) is 3. The molecule has 1 atom stereocenters. The van der Waals surface area contributed by atoms with E-state index < -0.39 is 6.04 Å². The number of hydrogen-bond donors (Lipinski definition) is 2. The van der Waals surface area contributed by atoms with Crippen LogP contribution in [0.5, 0.6) is 11.5 Å². The van der Waals surface area contributed by atoms with E-state index in [0.717, 1.165) is 102 Å². The Morgan fingerprint density at radius 3 is 2.00 bits per heavy atom. The number of amides is 3. The third kappa shape index (κ3) is 8.87. The van der Waals surface area contributed by atoms with Gasteiger partial charge in [-0.3, -0.25) is 19.7 Å². The molecular weight excluding hydrogens is 831 g/mol. The largest absolute Gasteiger partial charge is 0.457 e. The Labute approximate surface area is 386 Å². The zero-order valence-corrected chi connectivity index (χ0v) is 37.8. The SMILES string of the molecule is Nc1ncnc2c1c(-c1ccc(Oc3ccccc3)cc1)nn2C1CCN(CC2CCN(CC3CCN(CC4CN(c5ccc6c(c5)CN(C5CCC(=O)NC5=O)C6=O)C4)CC3)CC2)CC1. The number of fused-ring (bicyclic) bond motifs is 2. The van der Waals surface area contributed by atoms with Crippen molar-refractivity contribution in [3.05, 3.63) is 90.3 Å². The number of nitrogens with two attached hydrogens (primary N) is 1. The van der Waals surface area contributed by atoms with Crippen molar-refractivity contribution in [2.75, 3.05) is 82.6 Å². The van der Waals surface area contributed by atoms with Crippen LogP contribution in [-0.4, -0.2) is 135 Å². The summed E-state index contributed by atoms with van der Waals surface area (Å²) < 4.78 is 8.15. The number of imide groups is 1. The summed E-state index contributed by atoms with van der Waals surface area (Å²) in [4.78, 5) is 58.5. The summed E-state index contributed by atoms with van der Waals surface area (Å²) in [6.45, 7) is 13.0. The van der Waals surface area contributed by atoms with E-state index >= 15 is 0 Å². The minimum absolute atomic E-state index is 0.113. The van der Waals surface area contributed by atoms with Crippen LogP contribution in [0, 0.1) is 17.8 Å². The molecule has 3 aromatic carbocycles. The number of nitrogens with zero attached hydrogens (tertiary/aromatic N) is 9. The molecule has 0 aliphatic carbocycles. The van der Waals surface area contributed by atoms with Crippen LogP contribution in [0.1, 0.15) is 73.3 Å². The zero-order valence-electron chi connectivity index (χ0n) is 37.8. The number of carbonyl (C=O) groups is 3. The Hall–Kier alpha value is -5.90. The fraction of sp³-hybridized carbons (Fsp3) is 0.490. The first-order chi connectivity index (χ1) is 32.3. The predicted molar refractivity (Wildman–Crippen MR) is 253 cm³/mol. The van der Waals surface area contributed by atoms with Crippen LogP contribution in [0.25, 0.3) is 22.3 Å². The summed E-state index contributed by atoms with van der Waals surface area (Å²) in [5.74, 6) is 3.48. The lowest BCUT2D eigenvalue weighted by Crippen LogP contribution is -2.53. The normalized spacial score (nSPS) is 22.2. The van der Waals surface area contributed by atoms with Crippen molar-refractivity contribution in [1.29, 1.82) is 0 Å². The Morgan fingerprint density at radius 2 is 1.33 bits per heavy atom. The molecule has 0 spiro atoms. The van der Waals surface area contributed by atoms with Gasteiger partial charge in [0, 0.05) is 81.5 Å². The number of nitrogen functional groups attached to an aromatic ring is 1. The maximum Gasteiger partial charge on any atom is 0.255 e. The van der Waals surface area contributed by atoms with E-state index in [9.17, 15) is 14.4 Å². The van der Waals surface area contributed by atoms with Crippen LogP contribution in [0.15, 0.2) is 79.1 Å². The number of benzene rings is 3. The van der Waals surface area contributed by atoms with E-state index in [-0.39, 0.29) is 30.2 Å². The molecule has 0 saturated carbocycles. The van der Waals surface area contributed by atoms with Crippen LogP contribution in [0.2, 0.25) is 0 Å². The molecule has 15 heteroatoms. The van der Waals surface area contributed by atoms with Crippen LogP contribution in [0.3, 0.4) is 0 Å². The lowest BCUT2D eigenvalue weighted by Gasteiger charge is -2.45. The van der Waals surface area contributed by atoms with Crippen LogP contribution >= 0.6 is 0 Å². The van der Waals surface area contributed by atoms with Gasteiger partial charge in [-0.25, -0.2) is 14.6 Å². The number of carbonyl (C=O) groups excluding carboxylic acids is 3. The Bertz CT molecular complexity index is 2560. The van der Waals surface area contributed by atoms with Crippen LogP contribution < -0.4 is 20.7 Å². The van der Waals surface area contributed by atoms with Crippen molar-refractivity contribution in [3.63, 3.8) is 0 Å². The molecular formula is C51H61N11O4. The van der Waals surface area contributed by atoms with E-state index in [2.05, 4.69) is 46.7 Å². The molecule has 0 bridgehead atoms. The Morgan fingerprint density at radius 1 is 0.697 bits per heavy atom. The first kappa shape index (κ1) is 42.7. The molecule has 5 aromatic rings. The topological polar surface area (TPSA) is 158 Å². The number of para-hydroxylation sites is 1. The van der Waals surface area contributed by atoms with Crippen molar-refractivity contribution >= 4 is 40.3 Å². The lowest BCUT2D eigenvalue weighted by molar-refractivity contribution is -0.136. The fourth-order valence-electron chi connectivity index (χ4n) is 11.6. The minimum atomic E-state index is -0.578. The number of aromatic nitrogens is 4. The number of hydrogen-bond acceptors (Lipinski definition) is 12. The van der Waals surface area contributed by atoms with Gasteiger partial charge in [-0.1, -0.05) is 18.2 Å². The molecule has 6 aliphatic heterocycles. The molecule has 11 rings (SSSR count). The molecule has 344 valence electrons. The van der Waals surface area contributed by atoms with E-state index in [1.54, 1.807) is 11.2 Å². The van der Waals surface area contributed by atoms with Gasteiger partial charge in [0.15, 0.2) is 5.65 Å². The second-order valence-electron chi connectivity index (χ2n) is 19.7. The molecule has 3 amide bonds. The van der Waals surface area contributed by atoms with Gasteiger partial charge in [-0.05, 0) is 143 Å². The number of ether oxygens (including phenoxy) is 1. The Balaban J connectivity index is 0.595. The average molecular weight is 892 g/mol. The fourth-order valence-corrected chi connectivity index (χ4v) is 11.6. The zero-order chi connectivity index (χ0) is 44.7.